The molecule has 0 saturated heterocycles. The molecule has 1 aromatic heterocycles. The summed E-state index contributed by atoms with van der Waals surface area (Å²) >= 11 is 0. The molecule has 0 spiro atoms. The van der Waals surface area contributed by atoms with Crippen LogP contribution in [0.3, 0.4) is 0 Å². The van der Waals surface area contributed by atoms with Gasteiger partial charge in [0.15, 0.2) is 0 Å². The van der Waals surface area contributed by atoms with Gasteiger partial charge in [-0.25, -0.2) is 4.98 Å². The summed E-state index contributed by atoms with van der Waals surface area (Å²) in [4.78, 5) is 18.5. The minimum atomic E-state index is -0.157. The van der Waals surface area contributed by atoms with Crippen LogP contribution >= 0.6 is 0 Å². The van der Waals surface area contributed by atoms with Crippen molar-refractivity contribution < 1.29 is 14.6 Å². The summed E-state index contributed by atoms with van der Waals surface area (Å²) in [5.74, 6) is 5.56. The highest BCUT2D eigenvalue weighted by Gasteiger charge is 2.22. The van der Waals surface area contributed by atoms with E-state index in [0.717, 1.165) is 0 Å². The number of ether oxygens (including phenoxy) is 1. The normalized spacial score (nSPS) is 11.4. The Balaban J connectivity index is 3.03. The molecular weight excluding hydrogens is 268 g/mol. The van der Waals surface area contributed by atoms with Crippen LogP contribution in [0.25, 0.3) is 0 Å². The monoisotopic (exact) mass is 290 g/mol. The first kappa shape index (κ1) is 17.2. The first-order chi connectivity index (χ1) is 10.2. The van der Waals surface area contributed by atoms with Gasteiger partial charge in [0.2, 0.25) is 0 Å². The Morgan fingerprint density at radius 2 is 2.33 bits per heavy atom. The number of hydrogen-bond acceptors (Lipinski definition) is 4. The smallest absolute Gasteiger partial charge is 0.274 e. The first-order valence-electron chi connectivity index (χ1n) is 7.00. The Kier molecular flexibility index (Phi) is 7.44. The van der Waals surface area contributed by atoms with Crippen molar-refractivity contribution in [2.24, 2.45) is 0 Å². The zero-order valence-corrected chi connectivity index (χ0v) is 12.8. The number of nitrogens with zero attached hydrogens (tertiary/aromatic N) is 2. The highest BCUT2D eigenvalue weighted by molar-refractivity contribution is 5.95. The van der Waals surface area contributed by atoms with Gasteiger partial charge in [-0.2, -0.15) is 0 Å². The number of hydrogen-bond donors (Lipinski definition) is 1. The first-order valence-corrected chi connectivity index (χ1v) is 7.00. The lowest BCUT2D eigenvalue weighted by atomic mass is 10.1. The van der Waals surface area contributed by atoms with Crippen molar-refractivity contribution >= 4 is 5.91 Å². The molecule has 114 valence electrons. The topological polar surface area (TPSA) is 62.7 Å². The fourth-order valence-electron chi connectivity index (χ4n) is 2.01. The van der Waals surface area contributed by atoms with E-state index in [1.807, 2.05) is 13.8 Å². The van der Waals surface area contributed by atoms with Crippen LogP contribution in [0.4, 0.5) is 0 Å². The second kappa shape index (κ2) is 9.11. The maximum Gasteiger partial charge on any atom is 0.274 e. The van der Waals surface area contributed by atoms with Gasteiger partial charge in [0.05, 0.1) is 24.8 Å². The molecule has 0 aliphatic heterocycles. The molecule has 0 aliphatic carbocycles. The molecule has 0 fully saturated rings. The highest BCUT2D eigenvalue weighted by atomic mass is 16.5. The molecule has 1 aromatic rings. The third-order valence-corrected chi connectivity index (χ3v) is 3.01. The van der Waals surface area contributed by atoms with Crippen molar-refractivity contribution in [2.45, 2.75) is 26.3 Å². The molecule has 1 atom stereocenters. The van der Waals surface area contributed by atoms with Crippen molar-refractivity contribution in [1.82, 2.24) is 9.88 Å². The lowest BCUT2D eigenvalue weighted by molar-refractivity contribution is 0.0573. The number of rotatable bonds is 6. The minimum Gasteiger partial charge on any atom is -0.395 e. The molecule has 0 bridgehead atoms. The summed E-state index contributed by atoms with van der Waals surface area (Å²) in [6.45, 7) is 4.90. The summed E-state index contributed by atoms with van der Waals surface area (Å²) < 4.78 is 5.11. The Morgan fingerprint density at radius 3 is 2.95 bits per heavy atom. The molecule has 1 heterocycles. The summed E-state index contributed by atoms with van der Waals surface area (Å²) in [5.41, 5.74) is 0.923. The van der Waals surface area contributed by atoms with Gasteiger partial charge in [-0.05, 0) is 26.0 Å². The third kappa shape index (κ3) is 4.85. The van der Waals surface area contributed by atoms with Crippen LogP contribution in [0.2, 0.25) is 0 Å². The van der Waals surface area contributed by atoms with E-state index in [4.69, 9.17) is 9.84 Å². The van der Waals surface area contributed by atoms with E-state index in [-0.39, 0.29) is 18.6 Å². The molecule has 5 nitrogen and oxygen atoms in total. The molecule has 1 amide bonds. The zero-order chi connectivity index (χ0) is 15.7. The molecule has 5 heteroatoms. The molecule has 0 aliphatic rings. The lowest BCUT2D eigenvalue weighted by Gasteiger charge is -2.27. The van der Waals surface area contributed by atoms with E-state index in [9.17, 15) is 4.79 Å². The molecule has 0 radical (unpaired) electrons. The minimum absolute atomic E-state index is 0.00248. The number of aliphatic hydroxyl groups is 1. The van der Waals surface area contributed by atoms with Crippen LogP contribution in [-0.4, -0.2) is 53.8 Å². The second-order valence-corrected chi connectivity index (χ2v) is 4.57. The van der Waals surface area contributed by atoms with Crippen LogP contribution in [0.5, 0.6) is 0 Å². The van der Waals surface area contributed by atoms with Crippen LogP contribution in [0, 0.1) is 11.8 Å². The van der Waals surface area contributed by atoms with Gasteiger partial charge in [-0.15, -0.1) is 0 Å². The van der Waals surface area contributed by atoms with E-state index < -0.39 is 0 Å². The van der Waals surface area contributed by atoms with Gasteiger partial charge in [-0.1, -0.05) is 11.8 Å². The van der Waals surface area contributed by atoms with Crippen LogP contribution in [-0.2, 0) is 4.74 Å². The van der Waals surface area contributed by atoms with Gasteiger partial charge in [0.1, 0.15) is 5.69 Å². The number of likely N-dealkylation sites (N-methyl/N-ethyl adjacent to an activating group) is 1. The van der Waals surface area contributed by atoms with E-state index in [0.29, 0.717) is 30.8 Å². The highest BCUT2D eigenvalue weighted by Crippen LogP contribution is 2.11. The molecular formula is C16H22N2O3. The Bertz CT molecular complexity index is 520. The predicted molar refractivity (Wildman–Crippen MR) is 80.9 cm³/mol. The quantitative estimate of drug-likeness (QED) is 0.803. The van der Waals surface area contributed by atoms with Crippen LogP contribution < -0.4 is 0 Å². The van der Waals surface area contributed by atoms with Crippen molar-refractivity contribution in [2.75, 3.05) is 26.9 Å². The Morgan fingerprint density at radius 1 is 1.57 bits per heavy atom. The molecule has 1 N–H and O–H groups in total. The van der Waals surface area contributed by atoms with E-state index in [1.165, 1.54) is 0 Å². The Labute approximate surface area is 125 Å². The Hall–Kier alpha value is -1.90. The van der Waals surface area contributed by atoms with Crippen molar-refractivity contribution in [3.8, 4) is 11.8 Å². The second-order valence-electron chi connectivity index (χ2n) is 4.57. The zero-order valence-electron chi connectivity index (χ0n) is 12.8. The lowest BCUT2D eigenvalue weighted by Crippen LogP contribution is -2.41. The molecule has 1 unspecified atom stereocenters. The standard InChI is InChI=1S/C16H22N2O3/c1-4-18(13(2)12-21-3)16(20)15-14(8-5-6-11-19)9-7-10-17-15/h7,9-10,13,19H,4,6,11-12H2,1-3H3. The fourth-order valence-corrected chi connectivity index (χ4v) is 2.01. The van der Waals surface area contributed by atoms with Gasteiger partial charge in [-0.3, -0.25) is 4.79 Å². The maximum absolute atomic E-state index is 12.6. The molecule has 0 saturated carbocycles. The number of amides is 1. The molecule has 21 heavy (non-hydrogen) atoms. The fraction of sp³-hybridized carbons (Fsp3) is 0.500. The van der Waals surface area contributed by atoms with Crippen LogP contribution in [0.1, 0.15) is 36.3 Å². The SMILES string of the molecule is CCN(C(=O)c1ncccc1C#CCCO)C(C)COC. The van der Waals surface area contributed by atoms with Gasteiger partial charge >= 0.3 is 0 Å². The predicted octanol–water partition coefficient (Wildman–Crippen LogP) is 1.31. The molecule has 0 aromatic carbocycles. The average Bonchev–Trinajstić information content (AvgIpc) is 2.49. The number of methoxy groups -OCH3 is 1. The number of carbonyl (C=O) groups is 1. The van der Waals surface area contributed by atoms with Gasteiger partial charge in [0, 0.05) is 26.3 Å². The van der Waals surface area contributed by atoms with Crippen molar-refractivity contribution in [3.63, 3.8) is 0 Å². The van der Waals surface area contributed by atoms with E-state index in [2.05, 4.69) is 16.8 Å². The number of aliphatic hydroxyl groups excluding tert-OH is 1. The summed E-state index contributed by atoms with van der Waals surface area (Å²) in [7, 11) is 1.61. The summed E-state index contributed by atoms with van der Waals surface area (Å²) in [5, 5.41) is 8.77. The summed E-state index contributed by atoms with van der Waals surface area (Å²) in [6.07, 6.45) is 1.96. The van der Waals surface area contributed by atoms with E-state index in [1.54, 1.807) is 30.3 Å². The maximum atomic E-state index is 12.6. The summed E-state index contributed by atoms with van der Waals surface area (Å²) in [6, 6.07) is 3.47. The van der Waals surface area contributed by atoms with Gasteiger partial charge < -0.3 is 14.7 Å². The van der Waals surface area contributed by atoms with Crippen molar-refractivity contribution in [3.05, 3.63) is 29.6 Å². The number of carbonyl (C=O) groups excluding carboxylic acids is 1. The average molecular weight is 290 g/mol. The third-order valence-electron chi connectivity index (χ3n) is 3.01. The van der Waals surface area contributed by atoms with Crippen molar-refractivity contribution in [1.29, 1.82) is 0 Å². The number of pyridine rings is 1. The van der Waals surface area contributed by atoms with E-state index >= 15 is 0 Å². The largest absolute Gasteiger partial charge is 0.395 e. The van der Waals surface area contributed by atoms with Gasteiger partial charge in [0.25, 0.3) is 5.91 Å². The number of aromatic nitrogens is 1. The molecule has 1 rings (SSSR count). The van der Waals surface area contributed by atoms with Crippen LogP contribution in [0.15, 0.2) is 18.3 Å².